The maximum Gasteiger partial charge on any atom is 0.311 e. The lowest BCUT2D eigenvalue weighted by Crippen LogP contribution is -2.47. The van der Waals surface area contributed by atoms with Crippen molar-refractivity contribution >= 4 is 50.6 Å². The number of thioether (sulfide) groups is 1. The number of rotatable bonds is 11. The monoisotopic (exact) mass is 482 g/mol. The van der Waals surface area contributed by atoms with Crippen LogP contribution in [0.15, 0.2) is 0 Å². The molecule has 0 saturated carbocycles. The molecule has 28 heavy (non-hydrogen) atoms. The van der Waals surface area contributed by atoms with E-state index in [0.717, 1.165) is 11.8 Å². The minimum Gasteiger partial charge on any atom is -0.465 e. The Labute approximate surface area is 179 Å². The fourth-order valence-corrected chi connectivity index (χ4v) is 2.77. The van der Waals surface area contributed by atoms with Gasteiger partial charge in [-0.05, 0) is 20.8 Å². The van der Waals surface area contributed by atoms with Crippen LogP contribution < -0.4 is 10.6 Å². The van der Waals surface area contributed by atoms with Crippen LogP contribution in [0, 0.1) is 10.8 Å². The fraction of sp³-hybridized carbons (Fsp3) is 0.778. The summed E-state index contributed by atoms with van der Waals surface area (Å²) >= 11 is 4.17. The van der Waals surface area contributed by atoms with Gasteiger partial charge in [0.25, 0.3) is 0 Å². The molecule has 0 bridgehead atoms. The highest BCUT2D eigenvalue weighted by atomic mass is 79.9. The van der Waals surface area contributed by atoms with Crippen LogP contribution in [0.4, 0.5) is 0 Å². The van der Waals surface area contributed by atoms with E-state index in [0.29, 0.717) is 12.3 Å². The first kappa shape index (κ1) is 26.9. The van der Waals surface area contributed by atoms with Crippen LogP contribution in [-0.4, -0.2) is 64.9 Å². The number of hydrogen-bond donors (Lipinski definition) is 3. The SMILES string of the molecule is CC(C)(C)C(=O)OCC(C)(C)C(O)C(=O)NCCC(=O)NCCSC(=O)CBr. The average molecular weight is 483 g/mol. The number of nitrogens with one attached hydrogen (secondary N) is 2. The smallest absolute Gasteiger partial charge is 0.311 e. The Morgan fingerprint density at radius 1 is 1.07 bits per heavy atom. The van der Waals surface area contributed by atoms with Gasteiger partial charge in [0.2, 0.25) is 11.8 Å². The van der Waals surface area contributed by atoms with Crippen LogP contribution in [0.1, 0.15) is 41.0 Å². The molecule has 0 aromatic heterocycles. The predicted octanol–water partition coefficient (Wildman–Crippen LogP) is 1.24. The van der Waals surface area contributed by atoms with Crippen molar-refractivity contribution in [3.63, 3.8) is 0 Å². The zero-order valence-electron chi connectivity index (χ0n) is 17.1. The molecule has 2 amide bonds. The highest BCUT2D eigenvalue weighted by molar-refractivity contribution is 9.09. The van der Waals surface area contributed by atoms with E-state index in [2.05, 4.69) is 26.6 Å². The lowest BCUT2D eigenvalue weighted by molar-refractivity contribution is -0.161. The first-order valence-electron chi connectivity index (χ1n) is 8.92. The molecule has 0 aliphatic heterocycles. The molecule has 0 spiro atoms. The summed E-state index contributed by atoms with van der Waals surface area (Å²) in [6.45, 7) is 8.69. The molecule has 0 fully saturated rings. The summed E-state index contributed by atoms with van der Waals surface area (Å²) < 4.78 is 5.19. The molecule has 10 heteroatoms. The van der Waals surface area contributed by atoms with Gasteiger partial charge >= 0.3 is 5.97 Å². The van der Waals surface area contributed by atoms with Gasteiger partial charge in [-0.2, -0.15) is 0 Å². The summed E-state index contributed by atoms with van der Waals surface area (Å²) in [5.41, 5.74) is -1.65. The van der Waals surface area contributed by atoms with Crippen molar-refractivity contribution in [2.75, 3.05) is 30.8 Å². The van der Waals surface area contributed by atoms with Gasteiger partial charge in [-0.3, -0.25) is 19.2 Å². The molecular weight excluding hydrogens is 452 g/mol. The van der Waals surface area contributed by atoms with E-state index < -0.39 is 28.8 Å². The number of carbonyl (C=O) groups excluding carboxylic acids is 4. The van der Waals surface area contributed by atoms with Gasteiger partial charge in [-0.15, -0.1) is 0 Å². The summed E-state index contributed by atoms with van der Waals surface area (Å²) in [6.07, 6.45) is -1.34. The highest BCUT2D eigenvalue weighted by Gasteiger charge is 2.36. The van der Waals surface area contributed by atoms with Crippen LogP contribution in [0.2, 0.25) is 0 Å². The number of carbonyl (C=O) groups is 4. The van der Waals surface area contributed by atoms with Crippen molar-refractivity contribution in [3.05, 3.63) is 0 Å². The summed E-state index contributed by atoms with van der Waals surface area (Å²) in [6, 6.07) is 0. The Balaban J connectivity index is 4.20. The molecule has 0 radical (unpaired) electrons. The van der Waals surface area contributed by atoms with Gasteiger partial charge in [0.05, 0.1) is 17.4 Å². The molecule has 0 aliphatic rings. The normalized spacial score (nSPS) is 12.8. The first-order chi connectivity index (χ1) is 12.8. The van der Waals surface area contributed by atoms with Crippen LogP contribution in [-0.2, 0) is 23.9 Å². The molecule has 8 nitrogen and oxygen atoms in total. The molecule has 0 saturated heterocycles. The standard InChI is InChI=1S/C18H31BrN2O6S/c1-17(2,3)16(26)27-11-18(4,5)14(24)15(25)21-7-6-12(22)20-8-9-28-13(23)10-19/h14,24H,6-11H2,1-5H3,(H,20,22)(H,21,25). The van der Waals surface area contributed by atoms with E-state index in [1.165, 1.54) is 0 Å². The predicted molar refractivity (Wildman–Crippen MR) is 112 cm³/mol. The first-order valence-corrected chi connectivity index (χ1v) is 11.0. The third-order valence-corrected chi connectivity index (χ3v) is 5.38. The zero-order chi connectivity index (χ0) is 22.0. The van der Waals surface area contributed by atoms with Crippen molar-refractivity contribution in [1.82, 2.24) is 10.6 Å². The lowest BCUT2D eigenvalue weighted by atomic mass is 9.86. The van der Waals surface area contributed by atoms with Crippen molar-refractivity contribution < 1.29 is 29.0 Å². The zero-order valence-corrected chi connectivity index (χ0v) is 19.5. The Morgan fingerprint density at radius 2 is 1.68 bits per heavy atom. The van der Waals surface area contributed by atoms with Crippen molar-refractivity contribution in [2.24, 2.45) is 10.8 Å². The van der Waals surface area contributed by atoms with Crippen LogP contribution in [0.25, 0.3) is 0 Å². The average Bonchev–Trinajstić information content (AvgIpc) is 2.61. The molecule has 0 rings (SSSR count). The number of hydrogen-bond acceptors (Lipinski definition) is 7. The van der Waals surface area contributed by atoms with E-state index in [1.54, 1.807) is 34.6 Å². The molecule has 162 valence electrons. The van der Waals surface area contributed by atoms with E-state index in [9.17, 15) is 24.3 Å². The third-order valence-electron chi connectivity index (χ3n) is 3.62. The van der Waals surface area contributed by atoms with Gasteiger partial charge in [0.15, 0.2) is 5.12 Å². The molecule has 0 heterocycles. The Morgan fingerprint density at radius 3 is 2.21 bits per heavy atom. The lowest BCUT2D eigenvalue weighted by Gasteiger charge is -2.30. The number of esters is 1. The summed E-state index contributed by atoms with van der Waals surface area (Å²) in [5.74, 6) is -0.841. The van der Waals surface area contributed by atoms with Crippen molar-refractivity contribution in [2.45, 2.75) is 47.1 Å². The number of alkyl halides is 1. The second kappa shape index (κ2) is 12.4. The number of halogens is 1. The Kier molecular flexibility index (Phi) is 11.9. The summed E-state index contributed by atoms with van der Waals surface area (Å²) in [4.78, 5) is 46.7. The van der Waals surface area contributed by atoms with Crippen LogP contribution in [0.3, 0.4) is 0 Å². The number of amides is 2. The summed E-state index contributed by atoms with van der Waals surface area (Å²) in [7, 11) is 0. The molecule has 1 atom stereocenters. The van der Waals surface area contributed by atoms with Gasteiger partial charge < -0.3 is 20.5 Å². The van der Waals surface area contributed by atoms with Gasteiger partial charge in [0.1, 0.15) is 6.10 Å². The minimum atomic E-state index is -1.39. The number of ether oxygens (including phenoxy) is 1. The molecule has 3 N–H and O–H groups in total. The van der Waals surface area contributed by atoms with Gasteiger partial charge in [0, 0.05) is 30.7 Å². The van der Waals surface area contributed by atoms with Gasteiger partial charge in [-0.25, -0.2) is 0 Å². The molecule has 1 unspecified atom stereocenters. The van der Waals surface area contributed by atoms with E-state index in [4.69, 9.17) is 4.74 Å². The van der Waals surface area contributed by atoms with Crippen molar-refractivity contribution in [3.8, 4) is 0 Å². The fourth-order valence-electron chi connectivity index (χ4n) is 1.78. The second-order valence-corrected chi connectivity index (χ2v) is 9.68. The van der Waals surface area contributed by atoms with Crippen LogP contribution >= 0.6 is 27.7 Å². The second-order valence-electron chi connectivity index (χ2n) is 7.96. The maximum atomic E-state index is 12.1. The summed E-state index contributed by atoms with van der Waals surface area (Å²) in [5, 5.41) is 15.6. The molecule has 0 aliphatic carbocycles. The molecular formula is C18H31BrN2O6S. The molecule has 0 aromatic rings. The van der Waals surface area contributed by atoms with Crippen LogP contribution in [0.5, 0.6) is 0 Å². The van der Waals surface area contributed by atoms with E-state index >= 15 is 0 Å². The largest absolute Gasteiger partial charge is 0.465 e. The third kappa shape index (κ3) is 11.0. The number of aliphatic hydroxyl groups is 1. The van der Waals surface area contributed by atoms with E-state index in [1.807, 2.05) is 0 Å². The Bertz CT molecular complexity index is 563. The van der Waals surface area contributed by atoms with E-state index in [-0.39, 0.29) is 35.9 Å². The minimum absolute atomic E-state index is 0.00806. The van der Waals surface area contributed by atoms with Crippen molar-refractivity contribution in [1.29, 1.82) is 0 Å². The van der Waals surface area contributed by atoms with Gasteiger partial charge in [-0.1, -0.05) is 41.5 Å². The molecule has 0 aromatic carbocycles. The highest BCUT2D eigenvalue weighted by Crippen LogP contribution is 2.24. The topological polar surface area (TPSA) is 122 Å². The Hall–Kier alpha value is -1.13. The quantitative estimate of drug-likeness (QED) is 0.230. The maximum absolute atomic E-state index is 12.1. The number of aliphatic hydroxyl groups excluding tert-OH is 1.